The van der Waals surface area contributed by atoms with Gasteiger partial charge < -0.3 is 29.3 Å². The molecule has 1 N–H and O–H groups in total. The summed E-state index contributed by atoms with van der Waals surface area (Å²) in [6.45, 7) is 6.28. The van der Waals surface area contributed by atoms with Crippen LogP contribution in [0.5, 0.6) is 5.75 Å². The maximum Gasteiger partial charge on any atom is 0.422 e. The van der Waals surface area contributed by atoms with Gasteiger partial charge >= 0.3 is 12.2 Å². The van der Waals surface area contributed by atoms with Crippen LogP contribution in [-0.4, -0.2) is 92.8 Å². The Labute approximate surface area is 271 Å². The van der Waals surface area contributed by atoms with Crippen molar-refractivity contribution in [2.24, 2.45) is 5.92 Å². The van der Waals surface area contributed by atoms with E-state index in [1.54, 1.807) is 9.80 Å². The highest BCUT2D eigenvalue weighted by Gasteiger charge is 2.61. The van der Waals surface area contributed by atoms with Gasteiger partial charge in [-0.25, -0.2) is 4.79 Å². The number of fused-ring (bicyclic) bond motifs is 3. The molecule has 1 aliphatic carbocycles. The predicted octanol–water partition coefficient (Wildman–Crippen LogP) is 5.40. The first-order chi connectivity index (χ1) is 22.0. The number of benzene rings is 2. The fourth-order valence-electron chi connectivity index (χ4n) is 5.94. The van der Waals surface area contributed by atoms with Crippen LogP contribution in [0.15, 0.2) is 55.3 Å². The number of ketones is 1. The lowest BCUT2D eigenvalue weighted by molar-refractivity contribution is -0.153. The number of Topliss-reactive ketones (excluding diaryl/α,β-unsaturated/α-hetero) is 1. The number of carbonyl (C=O) groups excluding carboxylic acids is 3. The van der Waals surface area contributed by atoms with Gasteiger partial charge in [0.25, 0.3) is 0 Å². The number of urea groups is 1. The maximum absolute atomic E-state index is 14.1. The number of hydrogen-bond donors (Lipinski definition) is 1. The topological polar surface area (TPSA) is 97.4 Å². The van der Waals surface area contributed by atoms with E-state index in [4.69, 9.17) is 25.8 Å². The summed E-state index contributed by atoms with van der Waals surface area (Å²) in [6.07, 6.45) is -1.64. The second kappa shape index (κ2) is 15.7. The molecule has 1 fully saturated rings. The third-order valence-corrected chi connectivity index (χ3v) is 8.64. The Morgan fingerprint density at radius 3 is 2.63 bits per heavy atom. The van der Waals surface area contributed by atoms with Crippen molar-refractivity contribution in [3.63, 3.8) is 0 Å². The van der Waals surface area contributed by atoms with Gasteiger partial charge in [0.15, 0.2) is 12.4 Å². The molecule has 9 nitrogen and oxygen atoms in total. The second-order valence-corrected chi connectivity index (χ2v) is 11.6. The van der Waals surface area contributed by atoms with Gasteiger partial charge in [-0.2, -0.15) is 13.2 Å². The van der Waals surface area contributed by atoms with Gasteiger partial charge in [0.1, 0.15) is 12.4 Å². The van der Waals surface area contributed by atoms with Gasteiger partial charge in [-0.15, -0.1) is 0 Å². The molecule has 1 unspecified atom stereocenters. The number of ether oxygens (including phenoxy) is 3. The van der Waals surface area contributed by atoms with Crippen LogP contribution < -0.4 is 10.1 Å². The largest absolute Gasteiger partial charge is 0.500 e. The van der Waals surface area contributed by atoms with Crippen molar-refractivity contribution in [2.45, 2.75) is 37.8 Å². The van der Waals surface area contributed by atoms with Crippen molar-refractivity contribution in [2.75, 3.05) is 59.2 Å². The van der Waals surface area contributed by atoms with E-state index in [9.17, 15) is 27.6 Å². The van der Waals surface area contributed by atoms with Crippen LogP contribution in [-0.2, 0) is 26.1 Å². The van der Waals surface area contributed by atoms with Crippen molar-refractivity contribution in [1.29, 1.82) is 0 Å². The standard InChI is InChI=1S/C33H39ClF3N3O6/c1-3-44-17-15-39(16-18-45-4-2)29(41)21-38-31(43)40-13-11-23-7-5-6-8-27(23)32(20-24(32)12-14-40)30(42)26-10-9-25(19-28(26)34)46-22-33(35,36)37/h3,5-10,19,24H,1,4,11-18,20-22H2,2H3,(H,38,43)/t24?,32-/m1/s1. The highest BCUT2D eigenvalue weighted by molar-refractivity contribution is 6.34. The number of carbonyl (C=O) groups is 3. The van der Waals surface area contributed by atoms with E-state index in [0.717, 1.165) is 11.1 Å². The lowest BCUT2D eigenvalue weighted by atomic mass is 9.81. The van der Waals surface area contributed by atoms with Gasteiger partial charge in [0, 0.05) is 31.8 Å². The summed E-state index contributed by atoms with van der Waals surface area (Å²) >= 11 is 6.43. The molecular formula is C33H39ClF3N3O6. The van der Waals surface area contributed by atoms with E-state index in [1.807, 2.05) is 31.2 Å². The SMILES string of the molecule is C=COCCN(CCOCC)C(=O)CNC(=O)N1CCc2ccccc2[C@@]2(C(=O)c3ccc(OCC(F)(F)F)cc3Cl)CC2CC1. The summed E-state index contributed by atoms with van der Waals surface area (Å²) < 4.78 is 53.2. The summed E-state index contributed by atoms with van der Waals surface area (Å²) in [5, 5.41) is 2.77. The second-order valence-electron chi connectivity index (χ2n) is 11.2. The maximum atomic E-state index is 14.1. The van der Waals surface area contributed by atoms with Crippen LogP contribution in [0.1, 0.15) is 41.3 Å². The van der Waals surface area contributed by atoms with Crippen molar-refractivity contribution in [3.8, 4) is 5.75 Å². The Hall–Kier alpha value is -3.77. The monoisotopic (exact) mass is 665 g/mol. The zero-order chi connectivity index (χ0) is 33.3. The Bertz CT molecular complexity index is 1410. The fraction of sp³-hybridized carbons (Fsp3) is 0.485. The Morgan fingerprint density at radius 1 is 1.15 bits per heavy atom. The number of nitrogens with one attached hydrogen (secondary N) is 1. The van der Waals surface area contributed by atoms with E-state index in [0.29, 0.717) is 58.7 Å². The number of rotatable bonds is 14. The molecular weight excluding hydrogens is 627 g/mol. The summed E-state index contributed by atoms with van der Waals surface area (Å²) in [5.74, 6) is -0.657. The summed E-state index contributed by atoms with van der Waals surface area (Å²) in [7, 11) is 0. The third-order valence-electron chi connectivity index (χ3n) is 8.33. The van der Waals surface area contributed by atoms with Crippen molar-refractivity contribution in [3.05, 3.63) is 77.0 Å². The van der Waals surface area contributed by atoms with E-state index in [-0.39, 0.29) is 53.1 Å². The summed E-state index contributed by atoms with van der Waals surface area (Å²) in [5.41, 5.74) is 1.12. The van der Waals surface area contributed by atoms with Gasteiger partial charge in [-0.05, 0) is 61.4 Å². The molecule has 1 heterocycles. The van der Waals surface area contributed by atoms with Crippen LogP contribution in [0.2, 0.25) is 5.02 Å². The zero-order valence-corrected chi connectivity index (χ0v) is 26.5. The first-order valence-electron chi connectivity index (χ1n) is 15.2. The average Bonchev–Trinajstić information content (AvgIpc) is 3.75. The molecule has 0 saturated heterocycles. The molecule has 0 radical (unpaired) electrons. The van der Waals surface area contributed by atoms with E-state index < -0.39 is 18.2 Å². The quantitative estimate of drug-likeness (QED) is 0.165. The molecule has 1 saturated carbocycles. The third kappa shape index (κ3) is 8.73. The molecule has 4 rings (SSSR count). The van der Waals surface area contributed by atoms with Gasteiger partial charge in [0.05, 0.1) is 36.4 Å². The van der Waals surface area contributed by atoms with Crippen LogP contribution in [0.25, 0.3) is 0 Å². The lowest BCUT2D eigenvalue weighted by Gasteiger charge is -2.25. The molecule has 3 amide bonds. The summed E-state index contributed by atoms with van der Waals surface area (Å²) in [4.78, 5) is 43.6. The van der Waals surface area contributed by atoms with Crippen LogP contribution in [0.3, 0.4) is 0 Å². The molecule has 46 heavy (non-hydrogen) atoms. The normalized spacial score (nSPS) is 19.0. The predicted molar refractivity (Wildman–Crippen MR) is 166 cm³/mol. The van der Waals surface area contributed by atoms with Crippen LogP contribution in [0, 0.1) is 5.92 Å². The highest BCUT2D eigenvalue weighted by atomic mass is 35.5. The van der Waals surface area contributed by atoms with Crippen LogP contribution in [0.4, 0.5) is 18.0 Å². The number of halogens is 4. The number of hydrogen-bond acceptors (Lipinski definition) is 6. The lowest BCUT2D eigenvalue weighted by Crippen LogP contribution is -2.47. The average molecular weight is 666 g/mol. The van der Waals surface area contributed by atoms with E-state index in [2.05, 4.69) is 11.9 Å². The summed E-state index contributed by atoms with van der Waals surface area (Å²) in [6, 6.07) is 11.2. The zero-order valence-electron chi connectivity index (χ0n) is 25.7. The molecule has 2 atom stereocenters. The molecule has 250 valence electrons. The van der Waals surface area contributed by atoms with E-state index >= 15 is 0 Å². The molecule has 2 aliphatic rings. The fourth-order valence-corrected chi connectivity index (χ4v) is 6.20. The molecule has 0 bridgehead atoms. The minimum Gasteiger partial charge on any atom is -0.500 e. The number of amides is 3. The minimum absolute atomic E-state index is 0.0130. The first-order valence-corrected chi connectivity index (χ1v) is 15.6. The number of nitrogens with zero attached hydrogens (tertiary/aromatic N) is 2. The van der Waals surface area contributed by atoms with Crippen molar-refractivity contribution >= 4 is 29.3 Å². The Morgan fingerprint density at radius 2 is 1.91 bits per heavy atom. The van der Waals surface area contributed by atoms with Crippen LogP contribution >= 0.6 is 11.6 Å². The van der Waals surface area contributed by atoms with Crippen molar-refractivity contribution < 1.29 is 41.8 Å². The molecule has 13 heteroatoms. The molecule has 0 spiro atoms. The molecule has 1 aliphatic heterocycles. The molecule has 2 aromatic rings. The molecule has 2 aromatic carbocycles. The smallest absolute Gasteiger partial charge is 0.422 e. The molecule has 0 aromatic heterocycles. The van der Waals surface area contributed by atoms with Gasteiger partial charge in [-0.3, -0.25) is 9.59 Å². The van der Waals surface area contributed by atoms with Gasteiger partial charge in [-0.1, -0.05) is 42.4 Å². The number of alkyl halides is 3. The highest BCUT2D eigenvalue weighted by Crippen LogP contribution is 2.59. The first kappa shape index (κ1) is 35.1. The Balaban J connectivity index is 1.45. The van der Waals surface area contributed by atoms with Crippen molar-refractivity contribution in [1.82, 2.24) is 15.1 Å². The minimum atomic E-state index is -4.51. The van der Waals surface area contributed by atoms with Gasteiger partial charge in [0.2, 0.25) is 5.91 Å². The van der Waals surface area contributed by atoms with E-state index in [1.165, 1.54) is 24.5 Å². The Kier molecular flexibility index (Phi) is 12.0.